The number of furan rings is 1. The highest BCUT2D eigenvalue weighted by atomic mass is 31.2. The van der Waals surface area contributed by atoms with E-state index in [4.69, 9.17) is 18.2 Å². The van der Waals surface area contributed by atoms with Crippen molar-refractivity contribution in [2.24, 2.45) is 0 Å². The van der Waals surface area contributed by atoms with Crippen LogP contribution in [0.1, 0.15) is 32.1 Å². The number of rotatable bonds is 6. The summed E-state index contributed by atoms with van der Waals surface area (Å²) in [6.45, 7) is 3.76. The smallest absolute Gasteiger partial charge is 0.366 e. The Morgan fingerprint density at radius 1 is 1.37 bits per heavy atom. The van der Waals surface area contributed by atoms with Gasteiger partial charge in [-0.3, -0.25) is 9.36 Å². The second kappa shape index (κ2) is 6.01. The highest BCUT2D eigenvalue weighted by Crippen LogP contribution is 2.57. The van der Waals surface area contributed by atoms with Crippen LogP contribution >= 0.6 is 7.60 Å². The van der Waals surface area contributed by atoms with Crippen LogP contribution < -0.4 is 0 Å². The van der Waals surface area contributed by atoms with Crippen LogP contribution in [-0.2, 0) is 23.1 Å². The molecule has 1 aromatic heterocycles. The van der Waals surface area contributed by atoms with Gasteiger partial charge < -0.3 is 18.2 Å². The molecule has 2 heterocycles. The topological polar surface area (TPSA) is 75.0 Å². The van der Waals surface area contributed by atoms with Gasteiger partial charge in [-0.1, -0.05) is 0 Å². The highest BCUT2D eigenvalue weighted by molar-refractivity contribution is 7.55. The minimum absolute atomic E-state index is 0.113. The van der Waals surface area contributed by atoms with Gasteiger partial charge in [0, 0.05) is 6.42 Å². The lowest BCUT2D eigenvalue weighted by atomic mass is 10.2. The average Bonchev–Trinajstić information content (AvgIpc) is 2.98. The van der Waals surface area contributed by atoms with Crippen molar-refractivity contribution in [3.63, 3.8) is 0 Å². The molecular formula is C12H17O6P. The van der Waals surface area contributed by atoms with E-state index in [1.165, 1.54) is 6.26 Å². The maximum absolute atomic E-state index is 12.5. The molecule has 1 aromatic rings. The molecule has 1 saturated heterocycles. The zero-order chi connectivity index (χ0) is 13.9. The van der Waals surface area contributed by atoms with Crippen LogP contribution in [-0.4, -0.2) is 24.8 Å². The van der Waals surface area contributed by atoms with Crippen molar-refractivity contribution < 1.29 is 27.6 Å². The number of ketones is 1. The molecule has 0 radical (unpaired) electrons. The van der Waals surface area contributed by atoms with Gasteiger partial charge in [0.15, 0.2) is 5.78 Å². The van der Waals surface area contributed by atoms with Crippen molar-refractivity contribution >= 4 is 13.4 Å². The molecule has 1 unspecified atom stereocenters. The summed E-state index contributed by atoms with van der Waals surface area (Å²) >= 11 is 0. The lowest BCUT2D eigenvalue weighted by Crippen LogP contribution is -2.19. The first-order chi connectivity index (χ1) is 9.10. The molecule has 19 heavy (non-hydrogen) atoms. The van der Waals surface area contributed by atoms with Crippen LogP contribution in [0.4, 0.5) is 0 Å². The number of carbonyl (C=O) groups is 1. The number of ether oxygens (including phenoxy) is 1. The minimum Gasteiger partial charge on any atom is -0.467 e. The van der Waals surface area contributed by atoms with Crippen LogP contribution in [0.3, 0.4) is 0 Å². The Bertz CT molecular complexity index is 459. The first-order valence-electron chi connectivity index (χ1n) is 6.21. The molecule has 1 aliphatic heterocycles. The maximum Gasteiger partial charge on any atom is 0.366 e. The number of carbonyl (C=O) groups excluding carboxylic acids is 1. The molecule has 0 aliphatic carbocycles. The summed E-state index contributed by atoms with van der Waals surface area (Å²) in [6, 6.07) is 3.42. The van der Waals surface area contributed by atoms with Gasteiger partial charge >= 0.3 is 7.60 Å². The van der Waals surface area contributed by atoms with Gasteiger partial charge in [0.1, 0.15) is 11.9 Å². The Morgan fingerprint density at radius 2 is 2.05 bits per heavy atom. The molecule has 1 fully saturated rings. The van der Waals surface area contributed by atoms with E-state index in [9.17, 15) is 9.36 Å². The summed E-state index contributed by atoms with van der Waals surface area (Å²) < 4.78 is 33.5. The van der Waals surface area contributed by atoms with Crippen LogP contribution in [0.15, 0.2) is 22.8 Å². The van der Waals surface area contributed by atoms with E-state index < -0.39 is 19.5 Å². The predicted octanol–water partition coefficient (Wildman–Crippen LogP) is 2.90. The molecule has 0 amide bonds. The molecule has 2 rings (SSSR count). The normalized spacial score (nSPS) is 24.0. The predicted molar refractivity (Wildman–Crippen MR) is 66.8 cm³/mol. The van der Waals surface area contributed by atoms with Crippen LogP contribution in [0.25, 0.3) is 0 Å². The summed E-state index contributed by atoms with van der Waals surface area (Å²) in [6.07, 6.45) is 1.09. The average molecular weight is 288 g/mol. The second-order valence-corrected chi connectivity index (χ2v) is 6.10. The molecule has 0 N–H and O–H groups in total. The third-order valence-corrected chi connectivity index (χ3v) is 4.94. The van der Waals surface area contributed by atoms with Crippen molar-refractivity contribution in [2.45, 2.75) is 32.2 Å². The van der Waals surface area contributed by atoms with E-state index in [1.807, 2.05) is 0 Å². The molecule has 106 valence electrons. The van der Waals surface area contributed by atoms with E-state index in [-0.39, 0.29) is 25.4 Å². The zero-order valence-corrected chi connectivity index (χ0v) is 11.8. The first-order valence-corrected chi connectivity index (χ1v) is 7.82. The van der Waals surface area contributed by atoms with Gasteiger partial charge in [-0.05, 0) is 26.0 Å². The molecule has 0 spiro atoms. The fraction of sp³-hybridized carbons (Fsp3) is 0.583. The maximum atomic E-state index is 12.5. The van der Waals surface area contributed by atoms with Gasteiger partial charge in [0.05, 0.1) is 19.5 Å². The van der Waals surface area contributed by atoms with E-state index in [0.29, 0.717) is 5.76 Å². The zero-order valence-electron chi connectivity index (χ0n) is 10.9. The number of hydrogen-bond donors (Lipinski definition) is 0. The van der Waals surface area contributed by atoms with Crippen molar-refractivity contribution in [2.75, 3.05) is 13.2 Å². The summed E-state index contributed by atoms with van der Waals surface area (Å²) in [7, 11) is -3.58. The molecule has 1 aliphatic rings. The van der Waals surface area contributed by atoms with Crippen molar-refractivity contribution in [1.29, 1.82) is 0 Å². The Hall–Kier alpha value is -0.940. The summed E-state index contributed by atoms with van der Waals surface area (Å²) in [5.41, 5.74) is 0. The fourth-order valence-corrected chi connectivity index (χ4v) is 3.81. The van der Waals surface area contributed by atoms with Crippen molar-refractivity contribution in [3.05, 3.63) is 24.2 Å². The van der Waals surface area contributed by atoms with Gasteiger partial charge in [-0.25, -0.2) is 0 Å². The molecular weight excluding hydrogens is 271 g/mol. The molecule has 0 saturated carbocycles. The fourth-order valence-electron chi connectivity index (χ4n) is 1.99. The van der Waals surface area contributed by atoms with Crippen molar-refractivity contribution in [1.82, 2.24) is 0 Å². The van der Waals surface area contributed by atoms with E-state index in [1.54, 1.807) is 26.0 Å². The number of hydrogen-bond acceptors (Lipinski definition) is 6. The lowest BCUT2D eigenvalue weighted by Gasteiger charge is -2.21. The van der Waals surface area contributed by atoms with Gasteiger partial charge in [0.25, 0.3) is 0 Å². The summed E-state index contributed by atoms with van der Waals surface area (Å²) in [5, 5.41) is 0. The van der Waals surface area contributed by atoms with Crippen molar-refractivity contribution in [3.8, 4) is 0 Å². The molecule has 2 atom stereocenters. The summed E-state index contributed by atoms with van der Waals surface area (Å²) in [5.74, 6) is -0.912. The van der Waals surface area contributed by atoms with Crippen LogP contribution in [0.2, 0.25) is 0 Å². The quantitative estimate of drug-likeness (QED) is 0.749. The van der Waals surface area contributed by atoms with Gasteiger partial charge in [-0.15, -0.1) is 0 Å². The second-order valence-electron chi connectivity index (χ2n) is 4.04. The summed E-state index contributed by atoms with van der Waals surface area (Å²) in [4.78, 5) is 12.0. The standard InChI is InChI=1S/C12H17O6P/c1-3-16-19(14,17-4-2)12-9(13)8-11(18-12)10-6-5-7-15-10/h5-7,11-12H,3-4,8H2,1-2H3/t11-,12?/m1/s1. The van der Waals surface area contributed by atoms with E-state index in [2.05, 4.69) is 0 Å². The molecule has 0 aromatic carbocycles. The number of Topliss-reactive ketones (excluding diaryl/α,β-unsaturated/α-hetero) is 1. The molecule has 7 heteroatoms. The Kier molecular flexibility index (Phi) is 4.58. The third kappa shape index (κ3) is 2.98. The molecule has 0 bridgehead atoms. The largest absolute Gasteiger partial charge is 0.467 e. The van der Waals surface area contributed by atoms with E-state index >= 15 is 0 Å². The van der Waals surface area contributed by atoms with Gasteiger partial charge in [0.2, 0.25) is 5.85 Å². The third-order valence-electron chi connectivity index (χ3n) is 2.72. The SMILES string of the molecule is CCOP(=O)(OCC)C1O[C@@H](c2ccco2)CC1=O. The minimum atomic E-state index is -3.58. The Balaban J connectivity index is 2.16. The molecule has 6 nitrogen and oxygen atoms in total. The lowest BCUT2D eigenvalue weighted by molar-refractivity contribution is -0.120. The monoisotopic (exact) mass is 288 g/mol. The first kappa shape index (κ1) is 14.5. The van der Waals surface area contributed by atoms with E-state index in [0.717, 1.165) is 0 Å². The van der Waals surface area contributed by atoms with Crippen LogP contribution in [0, 0.1) is 0 Å². The van der Waals surface area contributed by atoms with Gasteiger partial charge in [-0.2, -0.15) is 0 Å². The van der Waals surface area contributed by atoms with Crippen LogP contribution in [0.5, 0.6) is 0 Å². The Morgan fingerprint density at radius 3 is 2.58 bits per heavy atom. The highest BCUT2D eigenvalue weighted by Gasteiger charge is 2.49. The Labute approximate surface area is 111 Å².